The van der Waals surface area contributed by atoms with Crippen LogP contribution in [0.5, 0.6) is 0 Å². The molecule has 0 N–H and O–H groups in total. The van der Waals surface area contributed by atoms with Crippen LogP contribution in [0.2, 0.25) is 0 Å². The lowest BCUT2D eigenvalue weighted by Crippen LogP contribution is -2.02. The number of nitrogens with zero attached hydrogens (tertiary/aromatic N) is 2. The van der Waals surface area contributed by atoms with Crippen molar-refractivity contribution < 1.29 is 13.3 Å². The van der Waals surface area contributed by atoms with E-state index in [1.165, 1.54) is 12.1 Å². The molecule has 0 saturated heterocycles. The Labute approximate surface area is 142 Å². The number of fused-ring (bicyclic) bond motifs is 1. The summed E-state index contributed by atoms with van der Waals surface area (Å²) in [6.07, 6.45) is 0. The van der Waals surface area contributed by atoms with Gasteiger partial charge < -0.3 is 8.94 Å². The van der Waals surface area contributed by atoms with E-state index in [-0.39, 0.29) is 22.8 Å². The van der Waals surface area contributed by atoms with E-state index in [1.54, 1.807) is 36.4 Å². The van der Waals surface area contributed by atoms with Gasteiger partial charge in [-0.1, -0.05) is 33.2 Å². The van der Waals surface area contributed by atoms with Crippen LogP contribution in [0.15, 0.2) is 66.7 Å². The van der Waals surface area contributed by atoms with E-state index in [0.717, 1.165) is 4.47 Å². The summed E-state index contributed by atoms with van der Waals surface area (Å²) in [4.78, 5) is 16.3. The normalized spacial score (nSPS) is 11.1. The van der Waals surface area contributed by atoms with E-state index in [4.69, 9.17) is 8.94 Å². The molecule has 0 amide bonds. The third-order valence-corrected chi connectivity index (χ3v) is 3.96. The smallest absolute Gasteiger partial charge is 0.349 e. The molecule has 0 unspecified atom stereocenters. The molecule has 2 heterocycles. The van der Waals surface area contributed by atoms with Crippen LogP contribution in [0, 0.1) is 5.82 Å². The molecule has 0 aliphatic heterocycles. The van der Waals surface area contributed by atoms with Crippen LogP contribution in [-0.4, -0.2) is 10.1 Å². The zero-order valence-corrected chi connectivity index (χ0v) is 13.6. The Hall–Kier alpha value is -2.80. The second-order valence-electron chi connectivity index (χ2n) is 5.03. The summed E-state index contributed by atoms with van der Waals surface area (Å²) < 4.78 is 25.0. The van der Waals surface area contributed by atoms with Crippen LogP contribution in [-0.2, 0) is 0 Å². The molecule has 24 heavy (non-hydrogen) atoms. The average molecular weight is 387 g/mol. The van der Waals surface area contributed by atoms with Gasteiger partial charge in [0.05, 0.1) is 5.56 Å². The van der Waals surface area contributed by atoms with E-state index in [9.17, 15) is 9.18 Å². The van der Waals surface area contributed by atoms with Crippen molar-refractivity contribution in [3.05, 3.63) is 69.2 Å². The fourth-order valence-corrected chi connectivity index (χ4v) is 2.71. The predicted octanol–water partition coefficient (Wildman–Crippen LogP) is 4.41. The Bertz CT molecular complexity index is 1120. The van der Waals surface area contributed by atoms with Crippen molar-refractivity contribution in [2.75, 3.05) is 0 Å². The van der Waals surface area contributed by atoms with Crippen LogP contribution in [0.25, 0.3) is 33.8 Å². The largest absolute Gasteiger partial charge is 0.422 e. The SMILES string of the molecule is O=c1oc2ccc(Br)cc2cc1-c1nc(-c2ccccc2F)no1. The molecule has 118 valence electrons. The molecule has 0 radical (unpaired) electrons. The lowest BCUT2D eigenvalue weighted by atomic mass is 10.2. The van der Waals surface area contributed by atoms with Crippen LogP contribution in [0.3, 0.4) is 0 Å². The Morgan fingerprint density at radius 3 is 2.71 bits per heavy atom. The van der Waals surface area contributed by atoms with Crippen molar-refractivity contribution in [2.24, 2.45) is 0 Å². The Morgan fingerprint density at radius 1 is 1.04 bits per heavy atom. The Balaban J connectivity index is 1.85. The van der Waals surface area contributed by atoms with Gasteiger partial charge in [0.25, 0.3) is 5.89 Å². The maximum atomic E-state index is 13.8. The fraction of sp³-hybridized carbons (Fsp3) is 0. The molecule has 7 heteroatoms. The standard InChI is InChI=1S/C17H8BrFN2O3/c18-10-5-6-14-9(7-10)8-12(17(22)23-14)16-20-15(21-24-16)11-3-1-2-4-13(11)19/h1-8H. The van der Waals surface area contributed by atoms with Gasteiger partial charge in [0.2, 0.25) is 5.82 Å². The molecule has 2 aromatic heterocycles. The van der Waals surface area contributed by atoms with Crippen molar-refractivity contribution in [3.8, 4) is 22.8 Å². The lowest BCUT2D eigenvalue weighted by Gasteiger charge is -1.99. The second-order valence-corrected chi connectivity index (χ2v) is 5.95. The highest BCUT2D eigenvalue weighted by molar-refractivity contribution is 9.10. The number of rotatable bonds is 2. The highest BCUT2D eigenvalue weighted by atomic mass is 79.9. The van der Waals surface area contributed by atoms with E-state index >= 15 is 0 Å². The maximum absolute atomic E-state index is 13.8. The van der Waals surface area contributed by atoms with Crippen LogP contribution in [0.1, 0.15) is 0 Å². The molecule has 4 aromatic rings. The number of aromatic nitrogens is 2. The van der Waals surface area contributed by atoms with Crippen molar-refractivity contribution in [3.63, 3.8) is 0 Å². The molecule has 5 nitrogen and oxygen atoms in total. The van der Waals surface area contributed by atoms with Crippen molar-refractivity contribution in [2.45, 2.75) is 0 Å². The molecule has 0 bridgehead atoms. The molecular weight excluding hydrogens is 379 g/mol. The zero-order valence-electron chi connectivity index (χ0n) is 12.0. The third kappa shape index (κ3) is 2.52. The highest BCUT2D eigenvalue weighted by Gasteiger charge is 2.17. The molecule has 0 spiro atoms. The summed E-state index contributed by atoms with van der Waals surface area (Å²) >= 11 is 3.36. The first-order valence-corrected chi connectivity index (χ1v) is 7.73. The number of hydrogen-bond donors (Lipinski definition) is 0. The van der Waals surface area contributed by atoms with Crippen LogP contribution < -0.4 is 5.63 Å². The van der Waals surface area contributed by atoms with Crippen LogP contribution >= 0.6 is 15.9 Å². The summed E-state index contributed by atoms with van der Waals surface area (Å²) in [6.45, 7) is 0. The van der Waals surface area contributed by atoms with Gasteiger partial charge in [0, 0.05) is 9.86 Å². The molecule has 0 atom stereocenters. The molecule has 2 aromatic carbocycles. The van der Waals surface area contributed by atoms with E-state index in [2.05, 4.69) is 26.1 Å². The lowest BCUT2D eigenvalue weighted by molar-refractivity contribution is 0.429. The number of halogens is 2. The molecule has 0 saturated carbocycles. The Kier molecular flexibility index (Phi) is 3.50. The second kappa shape index (κ2) is 5.68. The van der Waals surface area contributed by atoms with Gasteiger partial charge in [0.1, 0.15) is 17.0 Å². The highest BCUT2D eigenvalue weighted by Crippen LogP contribution is 2.25. The molecule has 0 fully saturated rings. The predicted molar refractivity (Wildman–Crippen MR) is 88.9 cm³/mol. The minimum absolute atomic E-state index is 0.0242. The van der Waals surface area contributed by atoms with Gasteiger partial charge >= 0.3 is 5.63 Å². The number of benzene rings is 2. The average Bonchev–Trinajstić information content (AvgIpc) is 3.04. The summed E-state index contributed by atoms with van der Waals surface area (Å²) in [7, 11) is 0. The molecule has 0 aliphatic carbocycles. The van der Waals surface area contributed by atoms with Crippen LogP contribution in [0.4, 0.5) is 4.39 Å². The van der Waals surface area contributed by atoms with E-state index < -0.39 is 11.4 Å². The van der Waals surface area contributed by atoms with E-state index in [0.29, 0.717) is 11.0 Å². The van der Waals surface area contributed by atoms with Gasteiger partial charge in [-0.15, -0.1) is 0 Å². The first-order chi connectivity index (χ1) is 11.6. The zero-order chi connectivity index (χ0) is 16.7. The molecule has 0 aliphatic rings. The summed E-state index contributed by atoms with van der Waals surface area (Å²) in [5.74, 6) is -0.431. The van der Waals surface area contributed by atoms with E-state index in [1.807, 2.05) is 0 Å². The Morgan fingerprint density at radius 2 is 1.88 bits per heavy atom. The third-order valence-electron chi connectivity index (χ3n) is 3.47. The van der Waals surface area contributed by atoms with Crippen molar-refractivity contribution in [1.29, 1.82) is 0 Å². The van der Waals surface area contributed by atoms with Gasteiger partial charge in [-0.2, -0.15) is 4.98 Å². The fourth-order valence-electron chi connectivity index (χ4n) is 2.33. The maximum Gasteiger partial charge on any atom is 0.349 e. The molecular formula is C17H8BrFN2O3. The first kappa shape index (κ1) is 14.8. The summed E-state index contributed by atoms with van der Waals surface area (Å²) in [5, 5.41) is 4.45. The van der Waals surface area contributed by atoms with Crippen molar-refractivity contribution >= 4 is 26.9 Å². The first-order valence-electron chi connectivity index (χ1n) is 6.94. The van der Waals surface area contributed by atoms with Gasteiger partial charge in [-0.3, -0.25) is 0 Å². The van der Waals surface area contributed by atoms with Gasteiger partial charge in [0.15, 0.2) is 0 Å². The van der Waals surface area contributed by atoms with Gasteiger partial charge in [-0.05, 0) is 36.4 Å². The monoisotopic (exact) mass is 386 g/mol. The van der Waals surface area contributed by atoms with Gasteiger partial charge in [-0.25, -0.2) is 9.18 Å². The minimum atomic E-state index is -0.603. The summed E-state index contributed by atoms with van der Waals surface area (Å²) in [6, 6.07) is 12.9. The quantitative estimate of drug-likeness (QED) is 0.477. The molecule has 4 rings (SSSR count). The summed E-state index contributed by atoms with van der Waals surface area (Å²) in [5.41, 5.74) is 0.158. The topological polar surface area (TPSA) is 69.1 Å². The minimum Gasteiger partial charge on any atom is -0.422 e. The number of hydrogen-bond acceptors (Lipinski definition) is 5. The van der Waals surface area contributed by atoms with Crippen molar-refractivity contribution in [1.82, 2.24) is 10.1 Å².